The Kier molecular flexibility index (Phi) is 5.79. The van der Waals surface area contributed by atoms with Gasteiger partial charge < -0.3 is 9.73 Å². The fourth-order valence-corrected chi connectivity index (χ4v) is 2.75. The molecule has 0 bridgehead atoms. The van der Waals surface area contributed by atoms with E-state index in [0.717, 1.165) is 5.56 Å². The predicted octanol–water partition coefficient (Wildman–Crippen LogP) is 6.11. The first-order valence-corrected chi connectivity index (χ1v) is 8.83. The van der Waals surface area contributed by atoms with Crippen LogP contribution in [0.2, 0.25) is 10.0 Å². The number of anilines is 1. The van der Waals surface area contributed by atoms with E-state index in [4.69, 9.17) is 27.6 Å². The van der Waals surface area contributed by atoms with Crippen molar-refractivity contribution in [3.63, 3.8) is 0 Å². The van der Waals surface area contributed by atoms with Crippen molar-refractivity contribution in [3.05, 3.63) is 82.0 Å². The lowest BCUT2D eigenvalue weighted by Crippen LogP contribution is -2.06. The molecule has 0 saturated carbocycles. The smallest absolute Gasteiger partial charge is 0.221 e. The minimum atomic E-state index is -0.199. The molecule has 6 heteroatoms. The average molecular weight is 400 g/mol. The Balaban J connectivity index is 1.74. The van der Waals surface area contributed by atoms with Gasteiger partial charge in [0, 0.05) is 23.7 Å². The zero-order valence-electron chi connectivity index (χ0n) is 14.3. The fourth-order valence-electron chi connectivity index (χ4n) is 2.45. The van der Waals surface area contributed by atoms with Gasteiger partial charge in [-0.15, -0.1) is 0 Å². The Bertz CT molecular complexity index is 1040. The van der Waals surface area contributed by atoms with Gasteiger partial charge in [0.2, 0.25) is 5.91 Å². The molecule has 0 aliphatic rings. The molecule has 1 aromatic heterocycles. The van der Waals surface area contributed by atoms with Crippen LogP contribution in [0.1, 0.15) is 23.0 Å². The second-order valence-electron chi connectivity index (χ2n) is 5.79. The van der Waals surface area contributed by atoms with Crippen LogP contribution in [0, 0.1) is 0 Å². The molecule has 0 fully saturated rings. The van der Waals surface area contributed by atoms with Crippen molar-refractivity contribution < 1.29 is 14.0 Å². The fraction of sp³-hybridized carbons (Fsp3) is 0.0476. The van der Waals surface area contributed by atoms with Gasteiger partial charge in [-0.3, -0.25) is 9.59 Å². The van der Waals surface area contributed by atoms with E-state index in [-0.39, 0.29) is 11.7 Å². The van der Waals surface area contributed by atoms with Crippen LogP contribution in [-0.4, -0.2) is 11.7 Å². The average Bonchev–Trinajstić information content (AvgIpc) is 3.10. The van der Waals surface area contributed by atoms with Crippen LogP contribution in [0.4, 0.5) is 5.69 Å². The van der Waals surface area contributed by atoms with Gasteiger partial charge in [0.15, 0.2) is 5.78 Å². The van der Waals surface area contributed by atoms with Crippen LogP contribution in [0.5, 0.6) is 0 Å². The summed E-state index contributed by atoms with van der Waals surface area (Å²) in [7, 11) is 0. The van der Waals surface area contributed by atoms with Crippen LogP contribution in [0.15, 0.2) is 65.1 Å². The van der Waals surface area contributed by atoms with Crippen LogP contribution < -0.4 is 5.32 Å². The molecule has 0 saturated heterocycles. The molecule has 27 heavy (non-hydrogen) atoms. The largest absolute Gasteiger partial charge is 0.457 e. The molecule has 0 radical (unpaired) electrons. The molecule has 136 valence electrons. The van der Waals surface area contributed by atoms with Gasteiger partial charge in [0.05, 0.1) is 10.0 Å². The van der Waals surface area contributed by atoms with E-state index in [0.29, 0.717) is 32.8 Å². The Labute approximate surface area is 166 Å². The first kappa shape index (κ1) is 19.0. The van der Waals surface area contributed by atoms with Gasteiger partial charge in [-0.25, -0.2) is 0 Å². The summed E-state index contributed by atoms with van der Waals surface area (Å²) in [5, 5.41) is 3.56. The van der Waals surface area contributed by atoms with Crippen molar-refractivity contribution in [2.75, 3.05) is 5.32 Å². The molecule has 4 nitrogen and oxygen atoms in total. The number of nitrogens with one attached hydrogen (secondary N) is 1. The molecule has 3 rings (SSSR count). The lowest BCUT2D eigenvalue weighted by Gasteiger charge is -2.03. The Morgan fingerprint density at radius 2 is 1.81 bits per heavy atom. The number of ketones is 1. The molecular formula is C21H15Cl2NO3. The zero-order chi connectivity index (χ0) is 19.4. The minimum Gasteiger partial charge on any atom is -0.457 e. The summed E-state index contributed by atoms with van der Waals surface area (Å²) in [6.45, 7) is 1.41. The summed E-state index contributed by atoms with van der Waals surface area (Å²) in [6.07, 6.45) is 3.01. The van der Waals surface area contributed by atoms with Gasteiger partial charge in [-0.1, -0.05) is 35.3 Å². The highest BCUT2D eigenvalue weighted by Crippen LogP contribution is 2.29. The molecule has 2 aromatic carbocycles. The maximum absolute atomic E-state index is 12.3. The number of halogens is 2. The Hall–Kier alpha value is -2.82. The van der Waals surface area contributed by atoms with E-state index >= 15 is 0 Å². The normalized spacial score (nSPS) is 10.9. The highest BCUT2D eigenvalue weighted by atomic mass is 35.5. The lowest BCUT2D eigenvalue weighted by atomic mass is 10.1. The first-order valence-electron chi connectivity index (χ1n) is 8.08. The number of allylic oxidation sites excluding steroid dienone is 1. The first-order chi connectivity index (χ1) is 12.9. The number of benzene rings is 2. The molecule has 0 aliphatic heterocycles. The van der Waals surface area contributed by atoms with Crippen LogP contribution in [-0.2, 0) is 4.79 Å². The third kappa shape index (κ3) is 4.88. The second-order valence-corrected chi connectivity index (χ2v) is 6.60. The quantitative estimate of drug-likeness (QED) is 0.415. The number of hydrogen-bond donors (Lipinski definition) is 1. The maximum atomic E-state index is 12.3. The molecule has 0 spiro atoms. The van der Waals surface area contributed by atoms with Crippen LogP contribution >= 0.6 is 23.2 Å². The summed E-state index contributed by atoms with van der Waals surface area (Å²) in [4.78, 5) is 23.5. The van der Waals surface area contributed by atoms with E-state index < -0.39 is 0 Å². The third-order valence-electron chi connectivity index (χ3n) is 3.70. The van der Waals surface area contributed by atoms with E-state index in [9.17, 15) is 9.59 Å². The third-order valence-corrected chi connectivity index (χ3v) is 4.44. The van der Waals surface area contributed by atoms with E-state index in [1.54, 1.807) is 60.7 Å². The second kappa shape index (κ2) is 8.25. The molecule has 0 unspecified atom stereocenters. The van der Waals surface area contributed by atoms with Gasteiger partial charge in [0.25, 0.3) is 0 Å². The molecule has 0 aliphatic carbocycles. The lowest BCUT2D eigenvalue weighted by molar-refractivity contribution is -0.114. The number of carbonyl (C=O) groups is 2. The Morgan fingerprint density at radius 1 is 1.00 bits per heavy atom. The topological polar surface area (TPSA) is 59.3 Å². The van der Waals surface area contributed by atoms with E-state index in [2.05, 4.69) is 5.32 Å². The van der Waals surface area contributed by atoms with Crippen molar-refractivity contribution in [1.82, 2.24) is 0 Å². The number of carbonyl (C=O) groups excluding carboxylic acids is 2. The number of hydrogen-bond acceptors (Lipinski definition) is 3. The highest BCUT2D eigenvalue weighted by molar-refractivity contribution is 6.42. The standard InChI is InChI=1S/C21H15Cl2NO3/c1-13(25)24-16-4-2-3-14(11-16)20(26)9-6-17-7-10-21(27-17)15-5-8-18(22)19(23)12-15/h2-12H,1H3,(H,24,25). The number of furan rings is 1. The van der Waals surface area contributed by atoms with Crippen LogP contribution in [0.25, 0.3) is 17.4 Å². The number of rotatable bonds is 5. The van der Waals surface area contributed by atoms with Crippen molar-refractivity contribution in [1.29, 1.82) is 0 Å². The van der Waals surface area contributed by atoms with Gasteiger partial charge in [-0.2, -0.15) is 0 Å². The summed E-state index contributed by atoms with van der Waals surface area (Å²) in [5.41, 5.74) is 1.83. The van der Waals surface area contributed by atoms with Crippen molar-refractivity contribution in [2.24, 2.45) is 0 Å². The highest BCUT2D eigenvalue weighted by Gasteiger charge is 2.07. The molecule has 1 heterocycles. The van der Waals surface area contributed by atoms with E-state index in [1.807, 2.05) is 0 Å². The number of amides is 1. The van der Waals surface area contributed by atoms with Crippen molar-refractivity contribution in [2.45, 2.75) is 6.92 Å². The molecule has 1 amide bonds. The molecular weight excluding hydrogens is 385 g/mol. The summed E-state index contributed by atoms with van der Waals surface area (Å²) >= 11 is 11.9. The van der Waals surface area contributed by atoms with Crippen LogP contribution in [0.3, 0.4) is 0 Å². The summed E-state index contributed by atoms with van der Waals surface area (Å²) in [6, 6.07) is 15.5. The Morgan fingerprint density at radius 3 is 2.56 bits per heavy atom. The van der Waals surface area contributed by atoms with Gasteiger partial charge >= 0.3 is 0 Å². The van der Waals surface area contributed by atoms with Crippen molar-refractivity contribution >= 4 is 46.7 Å². The van der Waals surface area contributed by atoms with Crippen molar-refractivity contribution in [3.8, 4) is 11.3 Å². The monoisotopic (exact) mass is 399 g/mol. The van der Waals surface area contributed by atoms with Gasteiger partial charge in [0.1, 0.15) is 11.5 Å². The molecule has 3 aromatic rings. The summed E-state index contributed by atoms with van der Waals surface area (Å²) < 4.78 is 5.73. The van der Waals surface area contributed by atoms with E-state index in [1.165, 1.54) is 13.0 Å². The predicted molar refractivity (Wildman–Crippen MR) is 108 cm³/mol. The molecule has 0 atom stereocenters. The molecule has 1 N–H and O–H groups in total. The summed E-state index contributed by atoms with van der Waals surface area (Å²) in [5.74, 6) is 0.756. The van der Waals surface area contributed by atoms with Gasteiger partial charge in [-0.05, 0) is 54.6 Å². The zero-order valence-corrected chi connectivity index (χ0v) is 15.8. The minimum absolute atomic E-state index is 0.194. The SMILES string of the molecule is CC(=O)Nc1cccc(C(=O)C=Cc2ccc(-c3ccc(Cl)c(Cl)c3)o2)c1. The maximum Gasteiger partial charge on any atom is 0.221 e.